The number of ether oxygens (including phenoxy) is 1. The third kappa shape index (κ3) is 4.67. The summed E-state index contributed by atoms with van der Waals surface area (Å²) in [5.41, 5.74) is 0.242. The van der Waals surface area contributed by atoms with Crippen LogP contribution in [0.4, 0.5) is 0 Å². The van der Waals surface area contributed by atoms with Gasteiger partial charge in [-0.05, 0) is 64.7 Å². The molecule has 3 heteroatoms. The smallest absolute Gasteiger partial charge is 0.0685 e. The van der Waals surface area contributed by atoms with Crippen molar-refractivity contribution in [1.82, 2.24) is 10.2 Å². The Kier molecular flexibility index (Phi) is 6.97. The Morgan fingerprint density at radius 3 is 2.52 bits per heavy atom. The summed E-state index contributed by atoms with van der Waals surface area (Å²) in [6.45, 7) is 9.08. The third-order valence-electron chi connectivity index (χ3n) is 5.89. The van der Waals surface area contributed by atoms with Gasteiger partial charge >= 0.3 is 0 Å². The summed E-state index contributed by atoms with van der Waals surface area (Å²) in [5.74, 6) is 0.803. The van der Waals surface area contributed by atoms with Gasteiger partial charge < -0.3 is 15.0 Å². The van der Waals surface area contributed by atoms with Crippen molar-refractivity contribution in [3.8, 4) is 0 Å². The van der Waals surface area contributed by atoms with Crippen LogP contribution in [0.3, 0.4) is 0 Å². The zero-order valence-corrected chi connectivity index (χ0v) is 14.5. The Labute approximate surface area is 131 Å². The molecule has 1 saturated carbocycles. The van der Waals surface area contributed by atoms with Crippen LogP contribution in [0.2, 0.25) is 0 Å². The standard InChI is InChI=1S/C18H36N2O/c1-4-20(5-2)13-9-17(19-3)16-10-14-21-18(15-16)11-7-6-8-12-18/h16-17,19H,4-15H2,1-3H3. The lowest BCUT2D eigenvalue weighted by atomic mass is 9.73. The zero-order chi connectivity index (χ0) is 15.1. The summed E-state index contributed by atoms with van der Waals surface area (Å²) in [4.78, 5) is 2.54. The van der Waals surface area contributed by atoms with Crippen LogP contribution in [0.15, 0.2) is 0 Å². The second-order valence-corrected chi connectivity index (χ2v) is 7.06. The highest BCUT2D eigenvalue weighted by atomic mass is 16.5. The highest BCUT2D eigenvalue weighted by Crippen LogP contribution is 2.41. The molecule has 2 rings (SSSR count). The van der Waals surface area contributed by atoms with Crippen LogP contribution in [0, 0.1) is 5.92 Å². The molecular weight excluding hydrogens is 260 g/mol. The van der Waals surface area contributed by atoms with Gasteiger partial charge in [0.1, 0.15) is 0 Å². The van der Waals surface area contributed by atoms with E-state index in [0.29, 0.717) is 6.04 Å². The van der Waals surface area contributed by atoms with Gasteiger partial charge in [0.05, 0.1) is 5.60 Å². The number of nitrogens with one attached hydrogen (secondary N) is 1. The Balaban J connectivity index is 1.88. The fourth-order valence-corrected chi connectivity index (χ4v) is 4.43. The molecule has 1 N–H and O–H groups in total. The minimum atomic E-state index is 0.242. The molecule has 1 spiro atoms. The summed E-state index contributed by atoms with van der Waals surface area (Å²) in [5, 5.41) is 3.62. The van der Waals surface area contributed by atoms with Crippen molar-refractivity contribution >= 4 is 0 Å². The topological polar surface area (TPSA) is 24.5 Å². The fourth-order valence-electron chi connectivity index (χ4n) is 4.43. The minimum Gasteiger partial charge on any atom is -0.375 e. The molecule has 2 unspecified atom stereocenters. The molecule has 0 aromatic rings. The van der Waals surface area contributed by atoms with Gasteiger partial charge in [0.15, 0.2) is 0 Å². The van der Waals surface area contributed by atoms with E-state index in [1.54, 1.807) is 0 Å². The lowest BCUT2D eigenvalue weighted by molar-refractivity contribution is -0.122. The molecule has 1 saturated heterocycles. The zero-order valence-electron chi connectivity index (χ0n) is 14.5. The van der Waals surface area contributed by atoms with E-state index >= 15 is 0 Å². The third-order valence-corrected chi connectivity index (χ3v) is 5.89. The lowest BCUT2D eigenvalue weighted by Crippen LogP contribution is -2.48. The van der Waals surface area contributed by atoms with Gasteiger partial charge in [-0.2, -0.15) is 0 Å². The van der Waals surface area contributed by atoms with E-state index in [0.717, 1.165) is 12.5 Å². The summed E-state index contributed by atoms with van der Waals surface area (Å²) in [6.07, 6.45) is 10.6. The molecule has 124 valence electrons. The van der Waals surface area contributed by atoms with Gasteiger partial charge in [0, 0.05) is 12.6 Å². The molecule has 0 radical (unpaired) electrons. The number of nitrogens with zero attached hydrogens (tertiary/aromatic N) is 1. The second-order valence-electron chi connectivity index (χ2n) is 7.06. The van der Waals surface area contributed by atoms with Crippen molar-refractivity contribution in [1.29, 1.82) is 0 Å². The quantitative estimate of drug-likeness (QED) is 0.779. The van der Waals surface area contributed by atoms with E-state index in [1.807, 2.05) is 0 Å². The van der Waals surface area contributed by atoms with Crippen LogP contribution in [-0.4, -0.2) is 49.8 Å². The molecule has 0 amide bonds. The number of rotatable bonds is 7. The van der Waals surface area contributed by atoms with Crippen molar-refractivity contribution in [2.45, 2.75) is 76.9 Å². The highest BCUT2D eigenvalue weighted by molar-refractivity contribution is 4.93. The first-order valence-electron chi connectivity index (χ1n) is 9.26. The van der Waals surface area contributed by atoms with Crippen molar-refractivity contribution in [2.24, 2.45) is 5.92 Å². The van der Waals surface area contributed by atoms with Crippen LogP contribution in [0.25, 0.3) is 0 Å². The first-order chi connectivity index (χ1) is 10.2. The van der Waals surface area contributed by atoms with Crippen LogP contribution in [0.5, 0.6) is 0 Å². The first-order valence-corrected chi connectivity index (χ1v) is 9.26. The van der Waals surface area contributed by atoms with Crippen molar-refractivity contribution < 1.29 is 4.74 Å². The van der Waals surface area contributed by atoms with E-state index in [1.165, 1.54) is 71.0 Å². The Bertz CT molecular complexity index is 279. The largest absolute Gasteiger partial charge is 0.375 e. The normalized spacial score (nSPS) is 27.1. The average Bonchev–Trinajstić information content (AvgIpc) is 2.52. The maximum Gasteiger partial charge on any atom is 0.0685 e. The molecule has 0 aromatic heterocycles. The number of hydrogen-bond acceptors (Lipinski definition) is 3. The van der Waals surface area contributed by atoms with Crippen LogP contribution in [-0.2, 0) is 4.74 Å². The maximum absolute atomic E-state index is 6.26. The van der Waals surface area contributed by atoms with Gasteiger partial charge in [-0.25, -0.2) is 0 Å². The molecule has 21 heavy (non-hydrogen) atoms. The minimum absolute atomic E-state index is 0.242. The average molecular weight is 296 g/mol. The predicted molar refractivity (Wildman–Crippen MR) is 89.7 cm³/mol. The van der Waals surface area contributed by atoms with Gasteiger partial charge in [0.25, 0.3) is 0 Å². The first kappa shape index (κ1) is 17.2. The van der Waals surface area contributed by atoms with Crippen molar-refractivity contribution in [3.63, 3.8) is 0 Å². The molecule has 2 fully saturated rings. The summed E-state index contributed by atoms with van der Waals surface area (Å²) < 4.78 is 6.26. The second kappa shape index (κ2) is 8.50. The monoisotopic (exact) mass is 296 g/mol. The molecule has 1 aliphatic heterocycles. The van der Waals surface area contributed by atoms with E-state index in [4.69, 9.17) is 4.74 Å². The Morgan fingerprint density at radius 2 is 1.90 bits per heavy atom. The molecule has 2 atom stereocenters. The van der Waals surface area contributed by atoms with Gasteiger partial charge in [-0.1, -0.05) is 33.1 Å². The lowest BCUT2D eigenvalue weighted by Gasteiger charge is -2.45. The summed E-state index contributed by atoms with van der Waals surface area (Å²) >= 11 is 0. The van der Waals surface area contributed by atoms with Crippen LogP contribution >= 0.6 is 0 Å². The van der Waals surface area contributed by atoms with Gasteiger partial charge in [-0.15, -0.1) is 0 Å². The SMILES string of the molecule is CCN(CC)CCC(NC)C1CCOC2(CCCCC2)C1. The van der Waals surface area contributed by atoms with Crippen LogP contribution < -0.4 is 5.32 Å². The summed E-state index contributed by atoms with van der Waals surface area (Å²) in [6, 6.07) is 0.660. The van der Waals surface area contributed by atoms with Gasteiger partial charge in [-0.3, -0.25) is 0 Å². The molecule has 3 nitrogen and oxygen atoms in total. The Morgan fingerprint density at radius 1 is 1.19 bits per heavy atom. The van der Waals surface area contributed by atoms with Crippen molar-refractivity contribution in [2.75, 3.05) is 33.3 Å². The number of hydrogen-bond donors (Lipinski definition) is 1. The Hall–Kier alpha value is -0.120. The van der Waals surface area contributed by atoms with E-state index in [2.05, 4.69) is 31.1 Å². The van der Waals surface area contributed by atoms with Crippen LogP contribution in [0.1, 0.15) is 65.2 Å². The van der Waals surface area contributed by atoms with Crippen molar-refractivity contribution in [3.05, 3.63) is 0 Å². The molecule has 0 bridgehead atoms. The molecule has 0 aromatic carbocycles. The summed E-state index contributed by atoms with van der Waals surface area (Å²) in [7, 11) is 2.15. The molecule has 1 aliphatic carbocycles. The van der Waals surface area contributed by atoms with E-state index < -0.39 is 0 Å². The highest BCUT2D eigenvalue weighted by Gasteiger charge is 2.40. The molecular formula is C18H36N2O. The molecule has 1 heterocycles. The maximum atomic E-state index is 6.26. The molecule has 2 aliphatic rings. The predicted octanol–water partition coefficient (Wildman–Crippen LogP) is 3.44. The fraction of sp³-hybridized carbons (Fsp3) is 1.00. The van der Waals surface area contributed by atoms with E-state index in [9.17, 15) is 0 Å². The van der Waals surface area contributed by atoms with E-state index in [-0.39, 0.29) is 5.60 Å². The van der Waals surface area contributed by atoms with Gasteiger partial charge in [0.2, 0.25) is 0 Å².